The number of nitrogens with one attached hydrogen (secondary N) is 3. The maximum atomic E-state index is 13.8. The van der Waals surface area contributed by atoms with Crippen molar-refractivity contribution in [2.75, 3.05) is 19.6 Å². The van der Waals surface area contributed by atoms with E-state index in [1.165, 1.54) is 10.9 Å². The van der Waals surface area contributed by atoms with Gasteiger partial charge in [0.2, 0.25) is 17.7 Å². The minimum absolute atomic E-state index is 0.0844. The Hall–Kier alpha value is -5.20. The number of fused-ring (bicyclic) bond motifs is 2. The zero-order chi connectivity index (χ0) is 33.3. The second kappa shape index (κ2) is 15.4. The van der Waals surface area contributed by atoms with Gasteiger partial charge in [0.05, 0.1) is 23.3 Å². The Morgan fingerprint density at radius 3 is 2.40 bits per heavy atom. The standard InChI is InChI=1S/C34H41N9O4/c1-22(2)31-32-37-23(3)41-43(32)21-30(45)35-16-10-18-42(34(47)28-20-36-25-13-7-8-14-26(25)38-28)17-9-15-29(44)39-27(33(46)40-31)19-24-11-5-4-6-12-24/h4-8,11-14,20,22,27,31H,9-10,15-19,21H2,1-3H3,(H,35,45)(H,39,44)(H,40,46)/t27-,31+/m1/s1. The molecule has 1 aliphatic heterocycles. The van der Waals surface area contributed by atoms with Gasteiger partial charge in [0.1, 0.15) is 24.1 Å². The number of rotatable bonds is 4. The fourth-order valence-electron chi connectivity index (χ4n) is 5.58. The van der Waals surface area contributed by atoms with E-state index in [4.69, 9.17) is 0 Å². The summed E-state index contributed by atoms with van der Waals surface area (Å²) in [5.41, 5.74) is 2.38. The number of carbonyl (C=O) groups excluding carboxylic acids is 4. The monoisotopic (exact) mass is 639 g/mol. The molecule has 2 aromatic heterocycles. The highest BCUT2D eigenvalue weighted by atomic mass is 16.2. The molecule has 0 spiro atoms. The molecule has 1 aliphatic rings. The minimum atomic E-state index is -0.864. The van der Waals surface area contributed by atoms with E-state index < -0.39 is 12.1 Å². The zero-order valence-electron chi connectivity index (χ0n) is 27.0. The quantitative estimate of drug-likeness (QED) is 0.307. The topological polar surface area (TPSA) is 164 Å². The van der Waals surface area contributed by atoms with Crippen LogP contribution in [0.1, 0.15) is 66.9 Å². The van der Waals surface area contributed by atoms with E-state index in [2.05, 4.69) is 36.0 Å². The van der Waals surface area contributed by atoms with Crippen molar-refractivity contribution in [2.24, 2.45) is 5.92 Å². The molecule has 0 aliphatic carbocycles. The number of para-hydroxylation sites is 2. The van der Waals surface area contributed by atoms with Crippen molar-refractivity contribution in [2.45, 2.75) is 65.1 Å². The Bertz CT molecular complexity index is 1720. The van der Waals surface area contributed by atoms with Crippen molar-refractivity contribution in [1.29, 1.82) is 0 Å². The summed E-state index contributed by atoms with van der Waals surface area (Å²) in [6.07, 6.45) is 2.69. The first kappa shape index (κ1) is 33.2. The van der Waals surface area contributed by atoms with E-state index in [9.17, 15) is 19.2 Å². The van der Waals surface area contributed by atoms with Crippen LogP contribution in [-0.4, -0.2) is 78.9 Å². The van der Waals surface area contributed by atoms with Gasteiger partial charge in [0, 0.05) is 32.5 Å². The Kier molecular flexibility index (Phi) is 10.9. The molecule has 0 radical (unpaired) electrons. The predicted octanol–water partition coefficient (Wildman–Crippen LogP) is 2.51. The number of amides is 4. The van der Waals surface area contributed by atoms with Crippen LogP contribution in [-0.2, 0) is 27.3 Å². The Morgan fingerprint density at radius 2 is 1.64 bits per heavy atom. The molecule has 3 heterocycles. The molecule has 2 atom stereocenters. The van der Waals surface area contributed by atoms with Crippen LogP contribution in [0.25, 0.3) is 11.0 Å². The third-order valence-corrected chi connectivity index (χ3v) is 7.99. The van der Waals surface area contributed by atoms with Gasteiger partial charge in [-0.15, -0.1) is 0 Å². The lowest BCUT2D eigenvalue weighted by atomic mass is 10.0. The maximum absolute atomic E-state index is 13.8. The fourth-order valence-corrected chi connectivity index (χ4v) is 5.58. The zero-order valence-corrected chi connectivity index (χ0v) is 27.0. The number of aromatic nitrogens is 5. The summed E-state index contributed by atoms with van der Waals surface area (Å²) in [5.74, 6) is -0.401. The maximum Gasteiger partial charge on any atom is 0.274 e. The minimum Gasteiger partial charge on any atom is -0.354 e. The second-order valence-corrected chi connectivity index (χ2v) is 12.1. The summed E-state index contributed by atoms with van der Waals surface area (Å²) in [6, 6.07) is 15.4. The van der Waals surface area contributed by atoms with Gasteiger partial charge in [-0.05, 0) is 43.4 Å². The van der Waals surface area contributed by atoms with Crippen LogP contribution in [0, 0.1) is 12.8 Å². The third kappa shape index (κ3) is 8.75. The number of benzene rings is 2. The molecule has 13 nitrogen and oxygen atoms in total. The van der Waals surface area contributed by atoms with E-state index in [1.807, 2.05) is 62.4 Å². The average Bonchev–Trinajstić information content (AvgIpc) is 3.42. The molecular weight excluding hydrogens is 598 g/mol. The van der Waals surface area contributed by atoms with Gasteiger partial charge in [0.25, 0.3) is 5.91 Å². The van der Waals surface area contributed by atoms with Crippen molar-refractivity contribution in [3.63, 3.8) is 0 Å². The van der Waals surface area contributed by atoms with Crippen LogP contribution in [0.5, 0.6) is 0 Å². The largest absolute Gasteiger partial charge is 0.354 e. The van der Waals surface area contributed by atoms with Crippen molar-refractivity contribution in [3.05, 3.63) is 83.7 Å². The van der Waals surface area contributed by atoms with E-state index in [0.29, 0.717) is 48.6 Å². The van der Waals surface area contributed by atoms with Crippen LogP contribution in [0.4, 0.5) is 0 Å². The lowest BCUT2D eigenvalue weighted by Crippen LogP contribution is -2.50. The van der Waals surface area contributed by atoms with Crippen molar-refractivity contribution < 1.29 is 19.2 Å². The second-order valence-electron chi connectivity index (χ2n) is 12.1. The van der Waals surface area contributed by atoms with Crippen LogP contribution in [0.2, 0.25) is 0 Å². The van der Waals surface area contributed by atoms with Crippen LogP contribution in [0.15, 0.2) is 60.8 Å². The number of aryl methyl sites for hydroxylation is 1. The molecule has 0 fully saturated rings. The average molecular weight is 640 g/mol. The first-order valence-electron chi connectivity index (χ1n) is 16.0. The van der Waals surface area contributed by atoms with Crippen molar-refractivity contribution >= 4 is 34.7 Å². The summed E-state index contributed by atoms with van der Waals surface area (Å²) in [6.45, 7) is 6.48. The van der Waals surface area contributed by atoms with Gasteiger partial charge >= 0.3 is 0 Å². The molecule has 47 heavy (non-hydrogen) atoms. The molecule has 0 saturated heterocycles. The number of nitrogens with zero attached hydrogens (tertiary/aromatic N) is 6. The van der Waals surface area contributed by atoms with Gasteiger partial charge < -0.3 is 20.9 Å². The third-order valence-electron chi connectivity index (χ3n) is 7.99. The van der Waals surface area contributed by atoms with Gasteiger partial charge in [-0.25, -0.2) is 14.6 Å². The van der Waals surface area contributed by atoms with Crippen molar-refractivity contribution in [3.8, 4) is 0 Å². The normalized spacial score (nSPS) is 18.9. The molecule has 246 valence electrons. The predicted molar refractivity (Wildman–Crippen MR) is 175 cm³/mol. The van der Waals surface area contributed by atoms with Gasteiger partial charge in [-0.1, -0.05) is 56.3 Å². The summed E-state index contributed by atoms with van der Waals surface area (Å²) < 4.78 is 1.51. The van der Waals surface area contributed by atoms with Crippen LogP contribution >= 0.6 is 0 Å². The van der Waals surface area contributed by atoms with E-state index in [1.54, 1.807) is 17.9 Å². The summed E-state index contributed by atoms with van der Waals surface area (Å²) in [4.78, 5) is 68.8. The Balaban J connectivity index is 1.40. The number of hydrogen-bond acceptors (Lipinski definition) is 8. The molecular formula is C34H41N9O4. The first-order valence-corrected chi connectivity index (χ1v) is 16.0. The molecule has 13 heteroatoms. The SMILES string of the molecule is Cc1nc2n(n1)CC(=O)NCCCN(C(=O)c1cnc3ccccc3n1)CCCC(=O)N[C@H](Cc1ccccc1)C(=O)N[C@H]2C(C)C. The first-order chi connectivity index (χ1) is 22.7. The molecule has 3 N–H and O–H groups in total. The molecule has 0 bridgehead atoms. The highest BCUT2D eigenvalue weighted by molar-refractivity contribution is 5.94. The molecule has 4 amide bonds. The van der Waals surface area contributed by atoms with Crippen molar-refractivity contribution in [1.82, 2.24) is 45.6 Å². The molecule has 2 aromatic carbocycles. The molecule has 0 unspecified atom stereocenters. The van der Waals surface area contributed by atoms with Gasteiger partial charge in [-0.3, -0.25) is 24.2 Å². The highest BCUT2D eigenvalue weighted by Gasteiger charge is 2.30. The van der Waals surface area contributed by atoms with Crippen LogP contribution < -0.4 is 16.0 Å². The summed E-state index contributed by atoms with van der Waals surface area (Å²) in [5, 5.41) is 13.3. The lowest BCUT2D eigenvalue weighted by molar-refractivity contribution is -0.129. The Morgan fingerprint density at radius 1 is 0.915 bits per heavy atom. The van der Waals surface area contributed by atoms with Crippen LogP contribution in [0.3, 0.4) is 0 Å². The molecule has 0 saturated carbocycles. The summed E-state index contributed by atoms with van der Waals surface area (Å²) >= 11 is 0. The number of hydrogen-bond donors (Lipinski definition) is 3. The number of carbonyl (C=O) groups is 4. The van der Waals surface area contributed by atoms with E-state index in [0.717, 1.165) is 5.56 Å². The van der Waals surface area contributed by atoms with Gasteiger partial charge in [-0.2, -0.15) is 5.10 Å². The van der Waals surface area contributed by atoms with E-state index in [-0.39, 0.29) is 61.2 Å². The van der Waals surface area contributed by atoms with Gasteiger partial charge in [0.15, 0.2) is 5.82 Å². The molecule has 5 rings (SSSR count). The Labute approximate surface area is 273 Å². The summed E-state index contributed by atoms with van der Waals surface area (Å²) in [7, 11) is 0. The highest BCUT2D eigenvalue weighted by Crippen LogP contribution is 2.21. The lowest BCUT2D eigenvalue weighted by Gasteiger charge is -2.26. The smallest absolute Gasteiger partial charge is 0.274 e. The fraction of sp³-hybridized carbons (Fsp3) is 0.412. The van der Waals surface area contributed by atoms with E-state index >= 15 is 0 Å². The molecule has 4 aromatic rings.